The molecule has 1 aromatic heterocycles. The number of hydrogen-bond acceptors (Lipinski definition) is 3. The van der Waals surface area contributed by atoms with Gasteiger partial charge in [0, 0.05) is 23.8 Å². The summed E-state index contributed by atoms with van der Waals surface area (Å²) < 4.78 is 5.69. The van der Waals surface area contributed by atoms with Gasteiger partial charge in [-0.25, -0.2) is 4.98 Å². The Morgan fingerprint density at radius 3 is 2.63 bits per heavy atom. The van der Waals surface area contributed by atoms with Crippen molar-refractivity contribution in [3.05, 3.63) is 51.6 Å². The maximum absolute atomic E-state index is 6.06. The Morgan fingerprint density at radius 2 is 1.95 bits per heavy atom. The molecular formula is C14H14Cl2N2O. The van der Waals surface area contributed by atoms with E-state index in [1.165, 1.54) is 6.20 Å². The number of halogens is 2. The van der Waals surface area contributed by atoms with Gasteiger partial charge in [0.1, 0.15) is 5.75 Å². The van der Waals surface area contributed by atoms with E-state index in [-0.39, 0.29) is 0 Å². The SMILES string of the molecule is CCc1cc(Oc2cc(CN)c(Cl)cn2)ccc1Cl. The van der Waals surface area contributed by atoms with Crippen LogP contribution >= 0.6 is 23.2 Å². The van der Waals surface area contributed by atoms with Crippen LogP contribution < -0.4 is 10.5 Å². The number of rotatable bonds is 4. The summed E-state index contributed by atoms with van der Waals surface area (Å²) in [5.74, 6) is 1.16. The third-order valence-electron chi connectivity index (χ3n) is 2.75. The van der Waals surface area contributed by atoms with Crippen LogP contribution in [-0.2, 0) is 13.0 Å². The highest BCUT2D eigenvalue weighted by Crippen LogP contribution is 2.27. The van der Waals surface area contributed by atoms with E-state index in [1.807, 2.05) is 19.1 Å². The van der Waals surface area contributed by atoms with Crippen LogP contribution in [0.1, 0.15) is 18.1 Å². The second kappa shape index (κ2) is 6.24. The fraction of sp³-hybridized carbons (Fsp3) is 0.214. The first-order valence-corrected chi connectivity index (χ1v) is 6.70. The van der Waals surface area contributed by atoms with Crippen molar-refractivity contribution in [3.8, 4) is 11.6 Å². The summed E-state index contributed by atoms with van der Waals surface area (Å²) in [4.78, 5) is 4.12. The van der Waals surface area contributed by atoms with E-state index in [9.17, 15) is 0 Å². The smallest absolute Gasteiger partial charge is 0.219 e. The van der Waals surface area contributed by atoms with Gasteiger partial charge in [0.05, 0.1) is 5.02 Å². The number of benzene rings is 1. The minimum absolute atomic E-state index is 0.346. The number of pyridine rings is 1. The fourth-order valence-corrected chi connectivity index (χ4v) is 2.11. The Morgan fingerprint density at radius 1 is 1.16 bits per heavy atom. The lowest BCUT2D eigenvalue weighted by molar-refractivity contribution is 0.461. The Kier molecular flexibility index (Phi) is 4.64. The summed E-state index contributed by atoms with van der Waals surface area (Å²) >= 11 is 12.0. The molecule has 5 heteroatoms. The monoisotopic (exact) mass is 296 g/mol. The molecular weight excluding hydrogens is 283 g/mol. The number of aryl methyl sites for hydroxylation is 1. The molecule has 2 N–H and O–H groups in total. The number of nitrogens with two attached hydrogens (primary N) is 1. The van der Waals surface area contributed by atoms with Crippen molar-refractivity contribution in [3.63, 3.8) is 0 Å². The third kappa shape index (κ3) is 3.38. The summed E-state index contributed by atoms with van der Waals surface area (Å²) in [6.07, 6.45) is 2.38. The van der Waals surface area contributed by atoms with Gasteiger partial charge < -0.3 is 10.5 Å². The zero-order chi connectivity index (χ0) is 13.8. The second-order valence-electron chi connectivity index (χ2n) is 4.03. The van der Waals surface area contributed by atoms with Crippen LogP contribution in [0.3, 0.4) is 0 Å². The highest BCUT2D eigenvalue weighted by Gasteiger charge is 2.06. The molecule has 0 saturated heterocycles. The van der Waals surface area contributed by atoms with Gasteiger partial charge in [-0.15, -0.1) is 0 Å². The summed E-state index contributed by atoms with van der Waals surface area (Å²) in [5.41, 5.74) is 7.43. The van der Waals surface area contributed by atoms with E-state index >= 15 is 0 Å². The third-order valence-corrected chi connectivity index (χ3v) is 3.46. The molecule has 0 unspecified atom stereocenters. The van der Waals surface area contributed by atoms with Crippen molar-refractivity contribution in [1.29, 1.82) is 0 Å². The maximum atomic E-state index is 6.06. The molecule has 3 nitrogen and oxygen atoms in total. The van der Waals surface area contributed by atoms with Gasteiger partial charge in [0.15, 0.2) is 0 Å². The Hall–Kier alpha value is -1.29. The lowest BCUT2D eigenvalue weighted by atomic mass is 10.1. The lowest BCUT2D eigenvalue weighted by Gasteiger charge is -2.09. The van der Waals surface area contributed by atoms with E-state index in [2.05, 4.69) is 4.98 Å². The average molecular weight is 297 g/mol. The second-order valence-corrected chi connectivity index (χ2v) is 4.84. The van der Waals surface area contributed by atoms with Gasteiger partial charge in [-0.05, 0) is 35.7 Å². The van der Waals surface area contributed by atoms with Gasteiger partial charge in [-0.1, -0.05) is 30.1 Å². The molecule has 1 aromatic carbocycles. The van der Waals surface area contributed by atoms with E-state index in [1.54, 1.807) is 12.1 Å². The topological polar surface area (TPSA) is 48.1 Å². The first-order valence-electron chi connectivity index (χ1n) is 5.94. The van der Waals surface area contributed by atoms with Crippen LogP contribution in [0.4, 0.5) is 0 Å². The van der Waals surface area contributed by atoms with Gasteiger partial charge in [-0.3, -0.25) is 0 Å². The van der Waals surface area contributed by atoms with E-state index in [0.717, 1.165) is 22.6 Å². The minimum Gasteiger partial charge on any atom is -0.439 e. The molecule has 0 atom stereocenters. The highest BCUT2D eigenvalue weighted by molar-refractivity contribution is 6.31. The van der Waals surface area contributed by atoms with Crippen molar-refractivity contribution >= 4 is 23.2 Å². The largest absolute Gasteiger partial charge is 0.439 e. The number of aromatic nitrogens is 1. The van der Waals surface area contributed by atoms with Crippen molar-refractivity contribution < 1.29 is 4.74 Å². The average Bonchev–Trinajstić information content (AvgIpc) is 2.43. The van der Waals surface area contributed by atoms with Crippen LogP contribution in [0.25, 0.3) is 0 Å². The molecule has 0 fully saturated rings. The fourth-order valence-electron chi connectivity index (χ4n) is 1.68. The Labute approximate surface area is 122 Å². The van der Waals surface area contributed by atoms with Gasteiger partial charge >= 0.3 is 0 Å². The summed E-state index contributed by atoms with van der Waals surface area (Å²) in [6.45, 7) is 2.39. The van der Waals surface area contributed by atoms with Crippen LogP contribution in [0.5, 0.6) is 11.6 Å². The normalized spacial score (nSPS) is 10.5. The van der Waals surface area contributed by atoms with Crippen molar-refractivity contribution in [1.82, 2.24) is 4.98 Å². The zero-order valence-electron chi connectivity index (χ0n) is 10.5. The molecule has 0 amide bonds. The summed E-state index contributed by atoms with van der Waals surface area (Å²) in [7, 11) is 0. The van der Waals surface area contributed by atoms with Gasteiger partial charge in [-0.2, -0.15) is 0 Å². The van der Waals surface area contributed by atoms with Crippen LogP contribution in [-0.4, -0.2) is 4.98 Å². The molecule has 0 aliphatic heterocycles. The van der Waals surface area contributed by atoms with E-state index in [0.29, 0.717) is 23.2 Å². The molecule has 1 heterocycles. The van der Waals surface area contributed by atoms with Crippen LogP contribution in [0.2, 0.25) is 10.0 Å². The first-order chi connectivity index (χ1) is 9.13. The van der Waals surface area contributed by atoms with Crippen molar-refractivity contribution in [2.24, 2.45) is 5.73 Å². The molecule has 0 radical (unpaired) electrons. The standard InChI is InChI=1S/C14H14Cl2N2O/c1-2-9-5-11(3-4-12(9)15)19-14-6-10(7-17)13(16)8-18-14/h3-6,8H,2,7,17H2,1H3. The predicted octanol–water partition coefficient (Wildman–Crippen LogP) is 4.20. The molecule has 0 aliphatic rings. The Balaban J connectivity index is 2.25. The summed E-state index contributed by atoms with van der Waals surface area (Å²) in [6, 6.07) is 7.26. The molecule has 100 valence electrons. The highest BCUT2D eigenvalue weighted by atomic mass is 35.5. The molecule has 2 aromatic rings. The quantitative estimate of drug-likeness (QED) is 0.920. The van der Waals surface area contributed by atoms with Crippen LogP contribution in [0.15, 0.2) is 30.5 Å². The minimum atomic E-state index is 0.346. The molecule has 2 rings (SSSR count). The molecule has 0 spiro atoms. The first kappa shape index (κ1) is 14.1. The van der Waals surface area contributed by atoms with Gasteiger partial charge in [0.25, 0.3) is 0 Å². The number of hydrogen-bond donors (Lipinski definition) is 1. The molecule has 0 aliphatic carbocycles. The van der Waals surface area contributed by atoms with Gasteiger partial charge in [0.2, 0.25) is 5.88 Å². The van der Waals surface area contributed by atoms with E-state index < -0.39 is 0 Å². The molecule has 19 heavy (non-hydrogen) atoms. The van der Waals surface area contributed by atoms with Crippen molar-refractivity contribution in [2.45, 2.75) is 19.9 Å². The zero-order valence-corrected chi connectivity index (χ0v) is 12.0. The Bertz CT molecular complexity index is 536. The molecule has 0 bridgehead atoms. The lowest BCUT2D eigenvalue weighted by Crippen LogP contribution is -1.99. The predicted molar refractivity (Wildman–Crippen MR) is 78.0 cm³/mol. The molecule has 0 saturated carbocycles. The maximum Gasteiger partial charge on any atom is 0.219 e. The van der Waals surface area contributed by atoms with E-state index in [4.69, 9.17) is 33.7 Å². The van der Waals surface area contributed by atoms with Crippen LogP contribution in [0, 0.1) is 0 Å². The number of nitrogens with zero attached hydrogens (tertiary/aromatic N) is 1. The number of ether oxygens (including phenoxy) is 1. The van der Waals surface area contributed by atoms with Crippen molar-refractivity contribution in [2.75, 3.05) is 0 Å². The summed E-state index contributed by atoms with van der Waals surface area (Å²) in [5, 5.41) is 1.28.